The molecule has 2 aromatic carbocycles. The number of hydrogen-bond acceptors (Lipinski definition) is 18. The summed E-state index contributed by atoms with van der Waals surface area (Å²) in [6, 6.07) is 18.9. The van der Waals surface area contributed by atoms with Crippen LogP contribution in [-0.4, -0.2) is 118 Å². The van der Waals surface area contributed by atoms with Crippen molar-refractivity contribution in [1.29, 1.82) is 0 Å². The van der Waals surface area contributed by atoms with Crippen molar-refractivity contribution in [2.24, 2.45) is 39.7 Å². The maximum atomic E-state index is 12.7. The summed E-state index contributed by atoms with van der Waals surface area (Å²) in [4.78, 5) is 71.1. The Morgan fingerprint density at radius 3 is 1.00 bits per heavy atom. The number of hydrogen-bond donors (Lipinski definition) is 4. The van der Waals surface area contributed by atoms with Crippen LogP contribution in [0.5, 0.6) is 0 Å². The Morgan fingerprint density at radius 1 is 0.466 bits per heavy atom. The number of rotatable bonds is 20. The monoisotopic (exact) mass is 1340 g/mol. The van der Waals surface area contributed by atoms with Gasteiger partial charge in [-0.3, -0.25) is 28.8 Å². The number of carbonyl (C=O) groups is 6. The molecule has 0 spiro atoms. The fourth-order valence-electron chi connectivity index (χ4n) is 8.78. The van der Waals surface area contributed by atoms with Crippen LogP contribution in [0.25, 0.3) is 0 Å². The lowest BCUT2D eigenvalue weighted by Crippen LogP contribution is -2.45. The van der Waals surface area contributed by atoms with Gasteiger partial charge in [-0.15, -0.1) is 12.4 Å². The molecule has 5 rings (SSSR count). The molecule has 0 amide bonds. The third-order valence-electron chi connectivity index (χ3n) is 14.6. The standard InChI is InChI=1S/C23H35NO6S.C16H29NO6S.C14H17ClO4S.C9H19NO2.ClH/c1-22(2,3)30-21(26)23(4,5)16-24-31(27,28)19-13-11-18(12-14-19)20(25)29-15-17-9-7-6-8-10-17;1-15(2,3)23-14(20)16(4,5)10-17-24(21,22)12-8-6-11(7-9-12)13(18)19;15-20(17,18)13-8-6-12(7-9-13)14(16)19-10-11-4-2-1-3-5-11;1-8(2,3)12-7(11)9(4,5)6-10;/h6-10,18-19,24H,11-16H2,1-5H3;11-12,17H,6-10H2,1-5H3,(H,18,19);1-5,12-13H,6-10H2;6,10H2,1-5H3;1H. The molecule has 0 atom stereocenters. The molecule has 0 heterocycles. The highest BCUT2D eigenvalue weighted by molar-refractivity contribution is 8.14. The summed E-state index contributed by atoms with van der Waals surface area (Å²) in [6.45, 7) is 26.9. The molecular weight excluding hydrogens is 1240 g/mol. The second-order valence-electron chi connectivity index (χ2n) is 27.5. The molecule has 3 saturated carbocycles. The SMILES string of the molecule is CC(C)(C)OC(=O)C(C)(C)CN.CC(C)(C)OC(=O)C(C)(C)CNS(=O)(=O)C1CCC(C(=O)O)CC1.CC(C)(C)OC(=O)C(C)(C)CNS(=O)(=O)C1CCC(C(=O)OCc2ccccc2)CC1.Cl.O=C(OCc1ccccc1)C1CCC(S(=O)(=O)Cl)CC1. The second-order valence-corrected chi connectivity index (χ2v) is 34.5. The van der Waals surface area contributed by atoms with E-state index in [-0.39, 0.29) is 68.5 Å². The summed E-state index contributed by atoms with van der Waals surface area (Å²) >= 11 is 0. The molecule has 0 bridgehead atoms. The highest BCUT2D eigenvalue weighted by Gasteiger charge is 2.40. The molecule has 0 saturated heterocycles. The van der Waals surface area contributed by atoms with Crippen molar-refractivity contribution in [2.45, 2.75) is 227 Å². The molecule has 0 unspecified atom stereocenters. The van der Waals surface area contributed by atoms with Crippen LogP contribution in [-0.2, 0) is 94.8 Å². The first kappa shape index (κ1) is 81.6. The lowest BCUT2D eigenvalue weighted by molar-refractivity contribution is -0.166. The Labute approximate surface area is 535 Å². The Morgan fingerprint density at radius 2 is 0.739 bits per heavy atom. The van der Waals surface area contributed by atoms with E-state index in [1.165, 1.54) is 0 Å². The zero-order valence-corrected chi connectivity index (χ0v) is 58.3. The number of carboxylic acids is 1. The van der Waals surface area contributed by atoms with Gasteiger partial charge >= 0.3 is 35.8 Å². The van der Waals surface area contributed by atoms with E-state index >= 15 is 0 Å². The van der Waals surface area contributed by atoms with Crippen molar-refractivity contribution in [1.82, 2.24) is 9.44 Å². The number of carboxylic acid groups (broad SMARTS) is 1. The van der Waals surface area contributed by atoms with Crippen LogP contribution >= 0.6 is 23.1 Å². The van der Waals surface area contributed by atoms with Gasteiger partial charge in [-0.25, -0.2) is 34.7 Å². The fraction of sp³-hybridized carbons (Fsp3) is 0.710. The van der Waals surface area contributed by atoms with E-state index in [0.29, 0.717) is 83.6 Å². The molecule has 3 fully saturated rings. The van der Waals surface area contributed by atoms with Crippen molar-refractivity contribution in [3.63, 3.8) is 0 Å². The zero-order valence-electron chi connectivity index (χ0n) is 54.2. The van der Waals surface area contributed by atoms with Gasteiger partial charge in [0.15, 0.2) is 0 Å². The zero-order chi connectivity index (χ0) is 66.6. The molecule has 0 radical (unpaired) electrons. The van der Waals surface area contributed by atoms with Gasteiger partial charge in [0.05, 0.1) is 49.7 Å². The van der Waals surface area contributed by atoms with Crippen LogP contribution in [0.15, 0.2) is 60.7 Å². The van der Waals surface area contributed by atoms with Crippen LogP contribution in [0, 0.1) is 34.0 Å². The number of aliphatic carboxylic acids is 1. The Balaban J connectivity index is 0.000000612. The summed E-state index contributed by atoms with van der Waals surface area (Å²) in [5.74, 6) is -3.52. The summed E-state index contributed by atoms with van der Waals surface area (Å²) in [5, 5.41) is 7.26. The first-order valence-corrected chi connectivity index (χ1v) is 35.1. The minimum absolute atomic E-state index is 0. The lowest BCUT2D eigenvalue weighted by atomic mass is 9.89. The van der Waals surface area contributed by atoms with Crippen molar-refractivity contribution >= 4 is 88.0 Å². The smallest absolute Gasteiger partial charge is 0.313 e. The summed E-state index contributed by atoms with van der Waals surface area (Å²) in [5.41, 5.74) is 3.04. The van der Waals surface area contributed by atoms with Gasteiger partial charge in [-0.05, 0) is 192 Å². The first-order valence-electron chi connectivity index (χ1n) is 29.6. The summed E-state index contributed by atoms with van der Waals surface area (Å²) < 4.78 is 104. The van der Waals surface area contributed by atoms with Gasteiger partial charge in [-0.2, -0.15) is 0 Å². The van der Waals surface area contributed by atoms with Gasteiger partial charge in [-0.1, -0.05) is 60.7 Å². The highest BCUT2D eigenvalue weighted by Crippen LogP contribution is 2.33. The third kappa shape index (κ3) is 30.6. The van der Waals surface area contributed by atoms with Gasteiger partial charge in [0.2, 0.25) is 29.1 Å². The number of nitrogens with one attached hydrogen (secondary N) is 2. The molecule has 504 valence electrons. The number of ether oxygens (including phenoxy) is 5. The lowest BCUT2D eigenvalue weighted by Gasteiger charge is -2.30. The fourth-order valence-corrected chi connectivity index (χ4v) is 13.5. The van der Waals surface area contributed by atoms with E-state index in [1.54, 1.807) is 83.1 Å². The van der Waals surface area contributed by atoms with Gasteiger partial charge in [0.1, 0.15) is 30.0 Å². The molecule has 0 aromatic heterocycles. The van der Waals surface area contributed by atoms with Crippen LogP contribution in [0.3, 0.4) is 0 Å². The number of sulfonamides is 2. The molecule has 2 aromatic rings. The third-order valence-corrected chi connectivity index (χ3v) is 20.4. The Kier molecular flexibility index (Phi) is 32.3. The quantitative estimate of drug-likeness (QED) is 0.0544. The largest absolute Gasteiger partial charge is 0.481 e. The van der Waals surface area contributed by atoms with E-state index < -0.39 is 102 Å². The van der Waals surface area contributed by atoms with E-state index in [2.05, 4.69) is 9.44 Å². The van der Waals surface area contributed by atoms with Crippen molar-refractivity contribution in [3.05, 3.63) is 71.8 Å². The minimum Gasteiger partial charge on any atom is -0.481 e. The molecular formula is C62H101Cl2N3O18S3. The predicted molar refractivity (Wildman–Crippen MR) is 341 cm³/mol. The molecule has 5 N–H and O–H groups in total. The summed E-state index contributed by atoms with van der Waals surface area (Å²) in [6.07, 6.45) is 4.94. The number of benzene rings is 2. The van der Waals surface area contributed by atoms with Crippen LogP contribution in [0.1, 0.15) is 192 Å². The number of halogens is 2. The van der Waals surface area contributed by atoms with Gasteiger partial charge in [0, 0.05) is 30.3 Å². The molecule has 0 aliphatic heterocycles. The topological polar surface area (TPSA) is 321 Å². The maximum absolute atomic E-state index is 12.7. The van der Waals surface area contributed by atoms with E-state index in [9.17, 15) is 54.0 Å². The maximum Gasteiger partial charge on any atom is 0.313 e. The molecule has 3 aliphatic carbocycles. The number of nitrogens with two attached hydrogens (primary N) is 1. The highest BCUT2D eigenvalue weighted by atomic mass is 35.7. The number of carbonyl (C=O) groups excluding carboxylic acids is 5. The van der Waals surface area contributed by atoms with Crippen LogP contribution < -0.4 is 15.2 Å². The van der Waals surface area contributed by atoms with Crippen LogP contribution in [0.2, 0.25) is 0 Å². The average Bonchev–Trinajstić information content (AvgIpc) is 3.50. The van der Waals surface area contributed by atoms with Gasteiger partial charge in [0.25, 0.3) is 0 Å². The van der Waals surface area contributed by atoms with Crippen LogP contribution in [0.4, 0.5) is 0 Å². The Bertz CT molecular complexity index is 2880. The molecule has 26 heteroatoms. The van der Waals surface area contributed by atoms with E-state index in [4.69, 9.17) is 45.2 Å². The van der Waals surface area contributed by atoms with Crippen molar-refractivity contribution < 1.29 is 82.8 Å². The van der Waals surface area contributed by atoms with Crippen molar-refractivity contribution in [2.75, 3.05) is 19.6 Å². The number of esters is 5. The first-order chi connectivity index (χ1) is 39.7. The minimum atomic E-state index is -3.61. The molecule has 21 nitrogen and oxygen atoms in total. The van der Waals surface area contributed by atoms with Crippen molar-refractivity contribution in [3.8, 4) is 0 Å². The normalized spacial score (nSPS) is 20.4. The molecule has 88 heavy (non-hydrogen) atoms. The van der Waals surface area contributed by atoms with E-state index in [0.717, 1.165) is 11.1 Å². The van der Waals surface area contributed by atoms with E-state index in [1.807, 2.05) is 81.4 Å². The second kappa shape index (κ2) is 34.8. The Hall–Kier alpha value is -4.43. The predicted octanol–water partition coefficient (Wildman–Crippen LogP) is 10.1. The molecule has 3 aliphatic rings. The van der Waals surface area contributed by atoms with Gasteiger partial charge < -0.3 is 34.5 Å². The summed E-state index contributed by atoms with van der Waals surface area (Å²) in [7, 11) is -5.38. The average molecular weight is 1340 g/mol.